The normalized spacial score (nSPS) is 13.1. The molecular weight excluding hydrogens is 192 g/mol. The summed E-state index contributed by atoms with van der Waals surface area (Å²) in [5.41, 5.74) is -0.459. The number of carbonyl (C=O) groups is 2. The van der Waals surface area contributed by atoms with Crippen LogP contribution in [0.5, 0.6) is 0 Å². The topological polar surface area (TPSA) is 58.2 Å². The Morgan fingerprint density at radius 2 is 1.80 bits per heavy atom. The van der Waals surface area contributed by atoms with Crippen LogP contribution in [0.3, 0.4) is 0 Å². The lowest BCUT2D eigenvalue weighted by Gasteiger charge is -2.21. The first-order chi connectivity index (χ1) is 6.79. The van der Waals surface area contributed by atoms with Gasteiger partial charge in [0.05, 0.1) is 0 Å². The van der Waals surface area contributed by atoms with E-state index in [9.17, 15) is 9.59 Å². The van der Waals surface area contributed by atoms with Crippen molar-refractivity contribution in [3.05, 3.63) is 0 Å². The van der Waals surface area contributed by atoms with Crippen molar-refractivity contribution in [3.63, 3.8) is 0 Å². The number of amides is 2. The van der Waals surface area contributed by atoms with Gasteiger partial charge in [-0.2, -0.15) is 0 Å². The van der Waals surface area contributed by atoms with E-state index >= 15 is 0 Å². The third kappa shape index (κ3) is 5.40. The van der Waals surface area contributed by atoms with Gasteiger partial charge in [-0.15, -0.1) is 0 Å². The summed E-state index contributed by atoms with van der Waals surface area (Å²) in [4.78, 5) is 23.0. The molecule has 0 rings (SSSR count). The summed E-state index contributed by atoms with van der Waals surface area (Å²) in [6.45, 7) is 9.78. The smallest absolute Gasteiger partial charge is 0.242 e. The zero-order valence-corrected chi connectivity index (χ0v) is 10.3. The first-order valence-electron chi connectivity index (χ1n) is 5.37. The summed E-state index contributed by atoms with van der Waals surface area (Å²) in [6, 6.07) is -0.469. The summed E-state index contributed by atoms with van der Waals surface area (Å²) >= 11 is 0. The van der Waals surface area contributed by atoms with Gasteiger partial charge in [0.25, 0.3) is 0 Å². The molecule has 0 aromatic carbocycles. The SMILES string of the molecule is CCCNC(=O)C(C)NC(=O)C(C)(C)C. The van der Waals surface area contributed by atoms with Crippen molar-refractivity contribution in [1.29, 1.82) is 0 Å². The van der Waals surface area contributed by atoms with Crippen molar-refractivity contribution in [2.45, 2.75) is 47.1 Å². The number of rotatable bonds is 4. The van der Waals surface area contributed by atoms with E-state index < -0.39 is 11.5 Å². The molecule has 88 valence electrons. The van der Waals surface area contributed by atoms with Crippen molar-refractivity contribution in [3.8, 4) is 0 Å². The van der Waals surface area contributed by atoms with Gasteiger partial charge in [0.1, 0.15) is 6.04 Å². The molecule has 0 saturated heterocycles. The molecule has 0 saturated carbocycles. The fourth-order valence-electron chi connectivity index (χ4n) is 0.880. The third-order valence-electron chi connectivity index (χ3n) is 1.97. The molecule has 0 aliphatic heterocycles. The van der Waals surface area contributed by atoms with E-state index in [2.05, 4.69) is 10.6 Å². The van der Waals surface area contributed by atoms with Crippen LogP contribution in [-0.2, 0) is 9.59 Å². The van der Waals surface area contributed by atoms with Gasteiger partial charge in [-0.25, -0.2) is 0 Å². The highest BCUT2D eigenvalue weighted by molar-refractivity contribution is 5.89. The van der Waals surface area contributed by atoms with Crippen molar-refractivity contribution >= 4 is 11.8 Å². The second-order valence-corrected chi connectivity index (χ2v) is 4.74. The van der Waals surface area contributed by atoms with Gasteiger partial charge in [-0.1, -0.05) is 27.7 Å². The Kier molecular flexibility index (Phi) is 5.33. The third-order valence-corrected chi connectivity index (χ3v) is 1.97. The van der Waals surface area contributed by atoms with Gasteiger partial charge in [0, 0.05) is 12.0 Å². The standard InChI is InChI=1S/C11H22N2O2/c1-6-7-12-9(14)8(2)13-10(15)11(3,4)5/h8H,6-7H2,1-5H3,(H,12,14)(H,13,15). The summed E-state index contributed by atoms with van der Waals surface area (Å²) in [6.07, 6.45) is 0.895. The van der Waals surface area contributed by atoms with E-state index in [1.165, 1.54) is 0 Å². The lowest BCUT2D eigenvalue weighted by atomic mass is 9.95. The van der Waals surface area contributed by atoms with Crippen LogP contribution in [0, 0.1) is 5.41 Å². The molecular formula is C11H22N2O2. The Labute approximate surface area is 91.8 Å². The maximum atomic E-state index is 11.6. The molecule has 2 N–H and O–H groups in total. The van der Waals surface area contributed by atoms with E-state index in [0.29, 0.717) is 6.54 Å². The molecule has 0 spiro atoms. The molecule has 1 atom stereocenters. The molecule has 0 radical (unpaired) electrons. The summed E-state index contributed by atoms with van der Waals surface area (Å²) in [5, 5.41) is 5.41. The largest absolute Gasteiger partial charge is 0.354 e. The number of nitrogens with one attached hydrogen (secondary N) is 2. The molecule has 0 fully saturated rings. The highest BCUT2D eigenvalue weighted by Gasteiger charge is 2.24. The van der Waals surface area contributed by atoms with Crippen LogP contribution >= 0.6 is 0 Å². The van der Waals surface area contributed by atoms with Crippen LogP contribution in [0.4, 0.5) is 0 Å². The molecule has 0 aliphatic carbocycles. The monoisotopic (exact) mass is 214 g/mol. The maximum Gasteiger partial charge on any atom is 0.242 e. The predicted octanol–water partition coefficient (Wildman–Crippen LogP) is 1.06. The first-order valence-corrected chi connectivity index (χ1v) is 5.37. The van der Waals surface area contributed by atoms with E-state index in [4.69, 9.17) is 0 Å². The van der Waals surface area contributed by atoms with Crippen LogP contribution < -0.4 is 10.6 Å². The number of carbonyl (C=O) groups excluding carboxylic acids is 2. The zero-order chi connectivity index (χ0) is 12.1. The maximum absolute atomic E-state index is 11.6. The Bertz CT molecular complexity index is 231. The highest BCUT2D eigenvalue weighted by atomic mass is 16.2. The molecule has 15 heavy (non-hydrogen) atoms. The number of hydrogen-bond donors (Lipinski definition) is 2. The Hall–Kier alpha value is -1.06. The Morgan fingerprint density at radius 3 is 2.20 bits per heavy atom. The summed E-state index contributed by atoms with van der Waals surface area (Å²) in [7, 11) is 0. The van der Waals surface area contributed by atoms with Crippen molar-refractivity contribution in [2.75, 3.05) is 6.54 Å². The molecule has 0 aromatic rings. The van der Waals surface area contributed by atoms with Gasteiger partial charge in [0.2, 0.25) is 11.8 Å². The molecule has 0 bridgehead atoms. The van der Waals surface area contributed by atoms with Gasteiger partial charge < -0.3 is 10.6 Å². The highest BCUT2D eigenvalue weighted by Crippen LogP contribution is 2.12. The van der Waals surface area contributed by atoms with E-state index in [1.54, 1.807) is 6.92 Å². The quantitative estimate of drug-likeness (QED) is 0.735. The minimum Gasteiger partial charge on any atom is -0.354 e. The van der Waals surface area contributed by atoms with Gasteiger partial charge in [-0.3, -0.25) is 9.59 Å². The van der Waals surface area contributed by atoms with E-state index in [1.807, 2.05) is 27.7 Å². The molecule has 4 heteroatoms. The van der Waals surface area contributed by atoms with E-state index in [-0.39, 0.29) is 11.8 Å². The van der Waals surface area contributed by atoms with Crippen LogP contribution in [0.15, 0.2) is 0 Å². The summed E-state index contributed by atoms with van der Waals surface area (Å²) in [5.74, 6) is -0.240. The summed E-state index contributed by atoms with van der Waals surface area (Å²) < 4.78 is 0. The Morgan fingerprint density at radius 1 is 1.27 bits per heavy atom. The lowest BCUT2D eigenvalue weighted by molar-refractivity contribution is -0.133. The minimum atomic E-state index is -0.469. The molecule has 0 aromatic heterocycles. The average Bonchev–Trinajstić information content (AvgIpc) is 2.12. The second kappa shape index (κ2) is 5.73. The van der Waals surface area contributed by atoms with E-state index in [0.717, 1.165) is 6.42 Å². The van der Waals surface area contributed by atoms with Crippen LogP contribution in [0.2, 0.25) is 0 Å². The minimum absolute atomic E-state index is 0.110. The Balaban J connectivity index is 4.08. The van der Waals surface area contributed by atoms with Crippen molar-refractivity contribution < 1.29 is 9.59 Å². The average molecular weight is 214 g/mol. The molecule has 1 unspecified atom stereocenters. The first kappa shape index (κ1) is 13.9. The van der Waals surface area contributed by atoms with Gasteiger partial charge >= 0.3 is 0 Å². The van der Waals surface area contributed by atoms with Crippen molar-refractivity contribution in [1.82, 2.24) is 10.6 Å². The van der Waals surface area contributed by atoms with Crippen molar-refractivity contribution in [2.24, 2.45) is 5.41 Å². The fraction of sp³-hybridized carbons (Fsp3) is 0.818. The van der Waals surface area contributed by atoms with Gasteiger partial charge in [0.15, 0.2) is 0 Å². The lowest BCUT2D eigenvalue weighted by Crippen LogP contribution is -2.48. The van der Waals surface area contributed by atoms with Crippen LogP contribution in [-0.4, -0.2) is 24.4 Å². The fourth-order valence-corrected chi connectivity index (χ4v) is 0.880. The van der Waals surface area contributed by atoms with Crippen LogP contribution in [0.1, 0.15) is 41.0 Å². The zero-order valence-electron chi connectivity index (χ0n) is 10.3. The molecule has 0 aliphatic rings. The molecule has 0 heterocycles. The molecule has 4 nitrogen and oxygen atoms in total. The number of hydrogen-bond acceptors (Lipinski definition) is 2. The van der Waals surface area contributed by atoms with Gasteiger partial charge in [-0.05, 0) is 13.3 Å². The molecule has 2 amide bonds. The predicted molar refractivity (Wildman–Crippen MR) is 60.4 cm³/mol. The second-order valence-electron chi connectivity index (χ2n) is 4.74. The van der Waals surface area contributed by atoms with Crippen LogP contribution in [0.25, 0.3) is 0 Å².